The van der Waals surface area contributed by atoms with Gasteiger partial charge in [0.25, 0.3) is 0 Å². The number of nitrogens with zero attached hydrogens (tertiary/aromatic N) is 1. The summed E-state index contributed by atoms with van der Waals surface area (Å²) in [4.78, 5) is 14.9. The summed E-state index contributed by atoms with van der Waals surface area (Å²) in [5.41, 5.74) is 3.35. The molecule has 3 aromatic carbocycles. The van der Waals surface area contributed by atoms with E-state index in [2.05, 4.69) is 34.5 Å². The number of hydrogen-bond acceptors (Lipinski definition) is 3. The van der Waals surface area contributed by atoms with Gasteiger partial charge in [-0.25, -0.2) is 0 Å². The van der Waals surface area contributed by atoms with Gasteiger partial charge in [-0.1, -0.05) is 72.8 Å². The van der Waals surface area contributed by atoms with Crippen molar-refractivity contribution in [2.75, 3.05) is 19.6 Å². The molecule has 1 saturated heterocycles. The first-order valence-electron chi connectivity index (χ1n) is 11.3. The van der Waals surface area contributed by atoms with Crippen molar-refractivity contribution >= 4 is 12.0 Å². The van der Waals surface area contributed by atoms with Crippen LogP contribution in [0.15, 0.2) is 91.0 Å². The lowest BCUT2D eigenvalue weighted by Gasteiger charge is -2.28. The average Bonchev–Trinajstić information content (AvgIpc) is 3.38. The molecule has 1 aliphatic heterocycles. The van der Waals surface area contributed by atoms with Crippen LogP contribution in [-0.2, 0) is 11.4 Å². The van der Waals surface area contributed by atoms with Crippen LogP contribution in [0.4, 0.5) is 0 Å². The summed E-state index contributed by atoms with van der Waals surface area (Å²) in [5.74, 6) is 0.737. The molecular weight excluding hydrogens is 396 g/mol. The SMILES string of the molecule is O=C(/C=C/c1ccc(OCc2ccccc2)cc1)NCC(c1ccccc1)N1CCCC1. The highest BCUT2D eigenvalue weighted by Crippen LogP contribution is 2.24. The van der Waals surface area contributed by atoms with E-state index in [1.807, 2.05) is 66.7 Å². The molecule has 1 unspecified atom stereocenters. The number of likely N-dealkylation sites (tertiary alicyclic amines) is 1. The normalized spacial score (nSPS) is 15.0. The molecule has 4 heteroatoms. The molecule has 0 aliphatic carbocycles. The Kier molecular flexibility index (Phi) is 7.72. The van der Waals surface area contributed by atoms with E-state index >= 15 is 0 Å². The second-order valence-electron chi connectivity index (χ2n) is 8.09. The van der Waals surface area contributed by atoms with Crippen molar-refractivity contribution in [1.29, 1.82) is 0 Å². The van der Waals surface area contributed by atoms with E-state index < -0.39 is 0 Å². The van der Waals surface area contributed by atoms with Gasteiger partial charge in [0.1, 0.15) is 12.4 Å². The third-order valence-electron chi connectivity index (χ3n) is 5.79. The molecule has 4 nitrogen and oxygen atoms in total. The van der Waals surface area contributed by atoms with Crippen LogP contribution >= 0.6 is 0 Å². The van der Waals surface area contributed by atoms with Gasteiger partial charge < -0.3 is 10.1 Å². The molecule has 3 aromatic rings. The molecule has 1 atom stereocenters. The Hall–Kier alpha value is -3.37. The summed E-state index contributed by atoms with van der Waals surface area (Å²) in [5, 5.41) is 3.09. The molecule has 32 heavy (non-hydrogen) atoms. The van der Waals surface area contributed by atoms with E-state index in [1.165, 1.54) is 18.4 Å². The van der Waals surface area contributed by atoms with Crippen molar-refractivity contribution < 1.29 is 9.53 Å². The van der Waals surface area contributed by atoms with Gasteiger partial charge in [-0.2, -0.15) is 0 Å². The van der Waals surface area contributed by atoms with Crippen LogP contribution in [0.5, 0.6) is 5.75 Å². The molecular formula is C28H30N2O2. The molecule has 1 heterocycles. The summed E-state index contributed by atoms with van der Waals surface area (Å²) in [6.07, 6.45) is 5.89. The zero-order chi connectivity index (χ0) is 22.0. The minimum Gasteiger partial charge on any atom is -0.489 e. The Morgan fingerprint density at radius 1 is 0.906 bits per heavy atom. The minimum absolute atomic E-state index is 0.0745. The van der Waals surface area contributed by atoms with Crippen LogP contribution in [0.1, 0.15) is 35.6 Å². The molecule has 0 radical (unpaired) electrons. The molecule has 1 amide bonds. The highest BCUT2D eigenvalue weighted by atomic mass is 16.5. The Labute approximate surface area is 190 Å². The Morgan fingerprint density at radius 3 is 2.25 bits per heavy atom. The number of benzene rings is 3. The second kappa shape index (κ2) is 11.3. The van der Waals surface area contributed by atoms with Gasteiger partial charge in [0, 0.05) is 12.6 Å². The van der Waals surface area contributed by atoms with Crippen molar-refractivity contribution in [1.82, 2.24) is 10.2 Å². The number of carbonyl (C=O) groups is 1. The molecule has 1 N–H and O–H groups in total. The largest absolute Gasteiger partial charge is 0.489 e. The average molecular weight is 427 g/mol. The topological polar surface area (TPSA) is 41.6 Å². The molecule has 4 rings (SSSR count). The Morgan fingerprint density at radius 2 is 1.56 bits per heavy atom. The van der Waals surface area contributed by atoms with Gasteiger partial charge >= 0.3 is 0 Å². The van der Waals surface area contributed by atoms with Gasteiger partial charge in [-0.05, 0) is 60.8 Å². The minimum atomic E-state index is -0.0745. The maximum Gasteiger partial charge on any atom is 0.244 e. The van der Waals surface area contributed by atoms with Crippen molar-refractivity contribution in [2.45, 2.75) is 25.5 Å². The summed E-state index contributed by atoms with van der Waals surface area (Å²) in [6, 6.07) is 28.5. The predicted octanol–water partition coefficient (Wildman–Crippen LogP) is 5.23. The fourth-order valence-electron chi connectivity index (χ4n) is 4.03. The van der Waals surface area contributed by atoms with E-state index in [0.29, 0.717) is 13.2 Å². The van der Waals surface area contributed by atoms with Crippen molar-refractivity contribution in [2.24, 2.45) is 0 Å². The Bertz CT molecular complexity index is 995. The maximum atomic E-state index is 12.5. The van der Waals surface area contributed by atoms with Gasteiger partial charge in [-0.3, -0.25) is 9.69 Å². The lowest BCUT2D eigenvalue weighted by atomic mass is 10.1. The van der Waals surface area contributed by atoms with E-state index in [4.69, 9.17) is 4.74 Å². The number of ether oxygens (including phenoxy) is 1. The van der Waals surface area contributed by atoms with E-state index in [0.717, 1.165) is 30.0 Å². The molecule has 164 valence electrons. The van der Waals surface area contributed by atoms with Gasteiger partial charge in [0.15, 0.2) is 0 Å². The summed E-state index contributed by atoms with van der Waals surface area (Å²) in [6.45, 7) is 3.32. The number of hydrogen-bond donors (Lipinski definition) is 1. The molecule has 0 aromatic heterocycles. The number of nitrogens with one attached hydrogen (secondary N) is 1. The van der Waals surface area contributed by atoms with E-state index in [1.54, 1.807) is 6.08 Å². The molecule has 0 spiro atoms. The molecule has 0 bridgehead atoms. The fraction of sp³-hybridized carbons (Fsp3) is 0.250. The van der Waals surface area contributed by atoms with E-state index in [9.17, 15) is 4.79 Å². The Balaban J connectivity index is 1.28. The highest BCUT2D eigenvalue weighted by molar-refractivity contribution is 5.91. The molecule has 0 saturated carbocycles. The number of amides is 1. The van der Waals surface area contributed by atoms with Crippen LogP contribution in [0.3, 0.4) is 0 Å². The number of rotatable bonds is 9. The van der Waals surface area contributed by atoms with Crippen molar-refractivity contribution in [3.63, 3.8) is 0 Å². The predicted molar refractivity (Wildman–Crippen MR) is 129 cm³/mol. The zero-order valence-corrected chi connectivity index (χ0v) is 18.3. The van der Waals surface area contributed by atoms with Gasteiger partial charge in [-0.15, -0.1) is 0 Å². The van der Waals surface area contributed by atoms with Crippen LogP contribution in [0.2, 0.25) is 0 Å². The zero-order valence-electron chi connectivity index (χ0n) is 18.3. The van der Waals surface area contributed by atoms with Crippen LogP contribution < -0.4 is 10.1 Å². The highest BCUT2D eigenvalue weighted by Gasteiger charge is 2.23. The van der Waals surface area contributed by atoms with Gasteiger partial charge in [0.2, 0.25) is 5.91 Å². The summed E-state index contributed by atoms with van der Waals surface area (Å²) < 4.78 is 5.82. The first-order valence-corrected chi connectivity index (χ1v) is 11.3. The quantitative estimate of drug-likeness (QED) is 0.476. The lowest BCUT2D eigenvalue weighted by molar-refractivity contribution is -0.116. The molecule has 1 fully saturated rings. The maximum absolute atomic E-state index is 12.5. The molecule has 1 aliphatic rings. The first kappa shape index (κ1) is 21.8. The third kappa shape index (κ3) is 6.32. The first-order chi connectivity index (χ1) is 15.8. The monoisotopic (exact) mass is 426 g/mol. The summed E-state index contributed by atoms with van der Waals surface area (Å²) >= 11 is 0. The smallest absolute Gasteiger partial charge is 0.244 e. The van der Waals surface area contributed by atoms with Crippen LogP contribution in [0, 0.1) is 0 Å². The lowest BCUT2D eigenvalue weighted by Crippen LogP contribution is -2.36. The van der Waals surface area contributed by atoms with Crippen LogP contribution in [0.25, 0.3) is 6.08 Å². The second-order valence-corrected chi connectivity index (χ2v) is 8.09. The third-order valence-corrected chi connectivity index (χ3v) is 5.79. The summed E-state index contributed by atoms with van der Waals surface area (Å²) in [7, 11) is 0. The van der Waals surface area contributed by atoms with Crippen LogP contribution in [-0.4, -0.2) is 30.4 Å². The van der Waals surface area contributed by atoms with Gasteiger partial charge in [0.05, 0.1) is 6.04 Å². The fourth-order valence-corrected chi connectivity index (χ4v) is 4.03. The standard InChI is InChI=1S/C28H30N2O2/c31-28(29-21-27(30-19-7-8-20-30)25-11-5-2-6-12-25)18-15-23-13-16-26(17-14-23)32-22-24-9-3-1-4-10-24/h1-6,9-18,27H,7-8,19-22H2,(H,29,31)/b18-15+. The van der Waals surface area contributed by atoms with Crippen molar-refractivity contribution in [3.8, 4) is 5.75 Å². The van der Waals surface area contributed by atoms with E-state index in [-0.39, 0.29) is 11.9 Å². The van der Waals surface area contributed by atoms with Crippen molar-refractivity contribution in [3.05, 3.63) is 108 Å². The number of carbonyl (C=O) groups excluding carboxylic acids is 1.